The van der Waals surface area contributed by atoms with Crippen LogP contribution >= 0.6 is 11.6 Å². The number of alkyl carbamates (subject to hydrolysis) is 1. The second kappa shape index (κ2) is 7.09. The highest BCUT2D eigenvalue weighted by atomic mass is 35.5. The number of ether oxygens (including phenoxy) is 2. The van der Waals surface area contributed by atoms with Gasteiger partial charge in [-0.2, -0.15) is 0 Å². The normalized spacial score (nSPS) is 10.8. The number of nitrogens with one attached hydrogen (secondary N) is 1. The number of rotatable bonds is 4. The first-order valence-electron chi connectivity index (χ1n) is 6.03. The number of hydrogen-bond donors (Lipinski definition) is 1. The molecule has 6 nitrogen and oxygen atoms in total. The molecule has 0 atom stereocenters. The monoisotopic (exact) mass is 300 g/mol. The van der Waals surface area contributed by atoms with Crippen LogP contribution in [0.2, 0.25) is 5.15 Å². The molecule has 0 unspecified atom stereocenters. The Morgan fingerprint density at radius 3 is 2.70 bits per heavy atom. The second-order valence-electron chi connectivity index (χ2n) is 4.93. The number of halogens is 1. The number of carbonyl (C=O) groups excluding carboxylic acids is 2. The Hall–Kier alpha value is -1.82. The van der Waals surface area contributed by atoms with E-state index in [-0.39, 0.29) is 18.3 Å². The lowest BCUT2D eigenvalue weighted by molar-refractivity contribution is 0.0433. The smallest absolute Gasteiger partial charge is 0.407 e. The van der Waals surface area contributed by atoms with Gasteiger partial charge in [-0.3, -0.25) is 0 Å². The Morgan fingerprint density at radius 2 is 2.10 bits per heavy atom. The summed E-state index contributed by atoms with van der Waals surface area (Å²) in [4.78, 5) is 26.7. The zero-order valence-corrected chi connectivity index (χ0v) is 12.4. The quantitative estimate of drug-likeness (QED) is 0.525. The highest BCUT2D eigenvalue weighted by Crippen LogP contribution is 2.08. The number of nitrogens with zero attached hydrogens (tertiary/aromatic N) is 1. The lowest BCUT2D eigenvalue weighted by Gasteiger charge is -2.19. The summed E-state index contributed by atoms with van der Waals surface area (Å²) < 4.78 is 10.00. The van der Waals surface area contributed by atoms with Crippen molar-refractivity contribution in [1.29, 1.82) is 0 Å². The van der Waals surface area contributed by atoms with Gasteiger partial charge >= 0.3 is 12.1 Å². The SMILES string of the molecule is CC(C)(C)OC(=O)NCCOC(=O)c1ccnc(Cl)c1. The molecule has 1 aromatic rings. The summed E-state index contributed by atoms with van der Waals surface area (Å²) in [5, 5.41) is 2.69. The average molecular weight is 301 g/mol. The van der Waals surface area contributed by atoms with E-state index in [4.69, 9.17) is 21.1 Å². The van der Waals surface area contributed by atoms with Crippen LogP contribution in [0.15, 0.2) is 18.3 Å². The van der Waals surface area contributed by atoms with Crippen molar-refractivity contribution in [2.24, 2.45) is 0 Å². The predicted octanol–water partition coefficient (Wildman–Crippen LogP) is 2.42. The average Bonchev–Trinajstić information content (AvgIpc) is 2.32. The van der Waals surface area contributed by atoms with E-state index >= 15 is 0 Å². The molecule has 0 aliphatic rings. The van der Waals surface area contributed by atoms with Crippen LogP contribution in [0.1, 0.15) is 31.1 Å². The minimum Gasteiger partial charge on any atom is -0.460 e. The Bertz CT molecular complexity index is 486. The summed E-state index contributed by atoms with van der Waals surface area (Å²) in [7, 11) is 0. The third kappa shape index (κ3) is 6.38. The molecule has 0 bridgehead atoms. The van der Waals surface area contributed by atoms with Gasteiger partial charge in [0, 0.05) is 6.20 Å². The number of amides is 1. The largest absolute Gasteiger partial charge is 0.460 e. The van der Waals surface area contributed by atoms with Crippen LogP contribution in [-0.2, 0) is 9.47 Å². The second-order valence-corrected chi connectivity index (χ2v) is 5.32. The number of hydrogen-bond acceptors (Lipinski definition) is 5. The first-order chi connectivity index (χ1) is 9.28. The predicted molar refractivity (Wildman–Crippen MR) is 73.8 cm³/mol. The summed E-state index contributed by atoms with van der Waals surface area (Å²) in [6, 6.07) is 2.90. The highest BCUT2D eigenvalue weighted by Gasteiger charge is 2.15. The van der Waals surface area contributed by atoms with Crippen LogP contribution in [-0.4, -0.2) is 35.8 Å². The first kappa shape index (κ1) is 16.2. The van der Waals surface area contributed by atoms with Gasteiger partial charge in [0.25, 0.3) is 0 Å². The molecule has 0 spiro atoms. The molecule has 1 heterocycles. The highest BCUT2D eigenvalue weighted by molar-refractivity contribution is 6.29. The van der Waals surface area contributed by atoms with Gasteiger partial charge in [-0.15, -0.1) is 0 Å². The zero-order valence-electron chi connectivity index (χ0n) is 11.6. The van der Waals surface area contributed by atoms with Crippen molar-refractivity contribution < 1.29 is 19.1 Å². The Kier molecular flexibility index (Phi) is 5.76. The molecule has 0 aliphatic carbocycles. The molecule has 0 saturated carbocycles. The van der Waals surface area contributed by atoms with Crippen molar-refractivity contribution in [3.8, 4) is 0 Å². The van der Waals surface area contributed by atoms with Crippen LogP contribution in [0.3, 0.4) is 0 Å². The van der Waals surface area contributed by atoms with E-state index in [0.717, 1.165) is 0 Å². The van der Waals surface area contributed by atoms with E-state index in [1.54, 1.807) is 20.8 Å². The Labute approximate surface area is 122 Å². The molecule has 0 fully saturated rings. The van der Waals surface area contributed by atoms with Gasteiger partial charge in [0.05, 0.1) is 12.1 Å². The minimum atomic E-state index is -0.561. The van der Waals surface area contributed by atoms with Crippen LogP contribution in [0.25, 0.3) is 0 Å². The summed E-state index contributed by atoms with van der Waals surface area (Å²) in [5.41, 5.74) is -0.253. The van der Waals surface area contributed by atoms with E-state index in [0.29, 0.717) is 5.56 Å². The topological polar surface area (TPSA) is 77.5 Å². The fourth-order valence-electron chi connectivity index (χ4n) is 1.22. The number of carbonyl (C=O) groups is 2. The van der Waals surface area contributed by atoms with E-state index in [9.17, 15) is 9.59 Å². The molecule has 1 rings (SSSR count). The van der Waals surface area contributed by atoms with Crippen molar-refractivity contribution in [3.63, 3.8) is 0 Å². The van der Waals surface area contributed by atoms with Crippen molar-refractivity contribution in [3.05, 3.63) is 29.0 Å². The van der Waals surface area contributed by atoms with E-state index in [1.165, 1.54) is 18.3 Å². The first-order valence-corrected chi connectivity index (χ1v) is 6.41. The molecule has 7 heteroatoms. The van der Waals surface area contributed by atoms with Gasteiger partial charge in [0.15, 0.2) is 0 Å². The molecule has 0 saturated heterocycles. The summed E-state index contributed by atoms with van der Waals surface area (Å²) >= 11 is 5.66. The van der Waals surface area contributed by atoms with Gasteiger partial charge in [-0.1, -0.05) is 11.6 Å². The van der Waals surface area contributed by atoms with Crippen molar-refractivity contribution in [2.75, 3.05) is 13.2 Å². The fourth-order valence-corrected chi connectivity index (χ4v) is 1.40. The van der Waals surface area contributed by atoms with Crippen LogP contribution in [0.4, 0.5) is 4.79 Å². The summed E-state index contributed by atoms with van der Waals surface area (Å²) in [6.07, 6.45) is 0.859. The third-order valence-electron chi connectivity index (χ3n) is 1.97. The molecule has 110 valence electrons. The van der Waals surface area contributed by atoms with Crippen LogP contribution in [0.5, 0.6) is 0 Å². The molecule has 20 heavy (non-hydrogen) atoms. The molecule has 0 aromatic carbocycles. The van der Waals surface area contributed by atoms with Gasteiger partial charge in [-0.05, 0) is 32.9 Å². The Balaban J connectivity index is 2.28. The zero-order chi connectivity index (χ0) is 15.2. The molecule has 0 radical (unpaired) electrons. The van der Waals surface area contributed by atoms with Gasteiger partial charge in [0.1, 0.15) is 17.4 Å². The lowest BCUT2D eigenvalue weighted by Crippen LogP contribution is -2.34. The summed E-state index contributed by atoms with van der Waals surface area (Å²) in [6.45, 7) is 5.50. The standard InChI is InChI=1S/C13H17ClN2O4/c1-13(2,3)20-12(18)16-6-7-19-11(17)9-4-5-15-10(14)8-9/h4-5,8H,6-7H2,1-3H3,(H,16,18). The maximum atomic E-state index is 11.6. The van der Waals surface area contributed by atoms with E-state index in [2.05, 4.69) is 10.3 Å². The molecular weight excluding hydrogens is 284 g/mol. The van der Waals surface area contributed by atoms with Gasteiger partial charge in [-0.25, -0.2) is 14.6 Å². The third-order valence-corrected chi connectivity index (χ3v) is 2.17. The number of pyridine rings is 1. The molecule has 1 amide bonds. The van der Waals surface area contributed by atoms with Crippen LogP contribution < -0.4 is 5.32 Å². The minimum absolute atomic E-state index is 0.0397. The van der Waals surface area contributed by atoms with Crippen molar-refractivity contribution in [2.45, 2.75) is 26.4 Å². The van der Waals surface area contributed by atoms with Gasteiger partial charge in [0.2, 0.25) is 0 Å². The number of esters is 1. The van der Waals surface area contributed by atoms with E-state index in [1.807, 2.05) is 0 Å². The molecular formula is C13H17ClN2O4. The molecule has 1 aromatic heterocycles. The maximum Gasteiger partial charge on any atom is 0.407 e. The Morgan fingerprint density at radius 1 is 1.40 bits per heavy atom. The van der Waals surface area contributed by atoms with Crippen molar-refractivity contribution in [1.82, 2.24) is 10.3 Å². The van der Waals surface area contributed by atoms with Gasteiger partial charge < -0.3 is 14.8 Å². The molecule has 1 N–H and O–H groups in total. The summed E-state index contributed by atoms with van der Waals surface area (Å²) in [5.74, 6) is -0.528. The lowest BCUT2D eigenvalue weighted by atomic mass is 10.2. The maximum absolute atomic E-state index is 11.6. The fraction of sp³-hybridized carbons (Fsp3) is 0.462. The van der Waals surface area contributed by atoms with Crippen LogP contribution in [0, 0.1) is 0 Å². The number of aromatic nitrogens is 1. The van der Waals surface area contributed by atoms with E-state index < -0.39 is 17.7 Å². The molecule has 0 aliphatic heterocycles. The van der Waals surface area contributed by atoms with Crippen molar-refractivity contribution >= 4 is 23.7 Å².